The van der Waals surface area contributed by atoms with Crippen molar-refractivity contribution in [2.75, 3.05) is 0 Å². The van der Waals surface area contributed by atoms with Gasteiger partial charge in [-0.05, 0) is 12.1 Å². The predicted octanol–water partition coefficient (Wildman–Crippen LogP) is 0.566. The van der Waals surface area contributed by atoms with Crippen molar-refractivity contribution in [3.8, 4) is 0 Å². The normalized spacial score (nSPS) is 14.7. The molecule has 0 saturated heterocycles. The number of aromatic nitrogens is 1. The summed E-state index contributed by atoms with van der Waals surface area (Å²) in [4.78, 5) is 14.8. The second-order valence-corrected chi connectivity index (χ2v) is 4.76. The van der Waals surface area contributed by atoms with Gasteiger partial charge < -0.3 is 15.9 Å². The highest BCUT2D eigenvalue weighted by Crippen LogP contribution is 2.28. The average Bonchev–Trinajstić information content (AvgIpc) is 2.70. The molecule has 1 aromatic heterocycles. The van der Waals surface area contributed by atoms with Gasteiger partial charge in [-0.2, -0.15) is 0 Å². The lowest BCUT2D eigenvalue weighted by molar-refractivity contribution is -0.121. The zero-order valence-electron chi connectivity index (χ0n) is 8.91. The molecule has 2 rings (SSSR count). The van der Waals surface area contributed by atoms with Crippen molar-refractivity contribution in [3.05, 3.63) is 29.3 Å². The van der Waals surface area contributed by atoms with Crippen LogP contribution >= 0.6 is 11.3 Å². The fraction of sp³-hybridized carbons (Fsp3) is 0.273. The Kier molecular flexibility index (Phi) is 3.37. The minimum Gasteiger partial charge on any atom is -0.389 e. The largest absolute Gasteiger partial charge is 0.389 e. The number of rotatable bonds is 4. The van der Waals surface area contributed by atoms with Crippen LogP contribution in [0, 0.1) is 0 Å². The van der Waals surface area contributed by atoms with E-state index in [4.69, 9.17) is 5.73 Å². The minimum absolute atomic E-state index is 0.281. The number of primary amides is 1. The third kappa shape index (κ3) is 2.60. The lowest BCUT2D eigenvalue weighted by atomic mass is 10.1. The molecule has 0 aliphatic rings. The molecule has 0 saturated carbocycles. The fourth-order valence-electron chi connectivity index (χ4n) is 1.50. The SMILES string of the molecule is NC(=O)CC(O)C(O)c1nc2ccccc2s1. The van der Waals surface area contributed by atoms with E-state index < -0.39 is 18.1 Å². The maximum atomic E-state index is 10.7. The van der Waals surface area contributed by atoms with Gasteiger partial charge in [-0.25, -0.2) is 4.98 Å². The Balaban J connectivity index is 2.24. The van der Waals surface area contributed by atoms with Gasteiger partial charge in [-0.3, -0.25) is 4.79 Å². The standard InChI is InChI=1S/C11H12N2O3S/c12-9(15)5-7(14)10(16)11-13-6-3-1-2-4-8(6)17-11/h1-4,7,10,14,16H,5H2,(H2,12,15). The maximum Gasteiger partial charge on any atom is 0.220 e. The lowest BCUT2D eigenvalue weighted by Gasteiger charge is -2.13. The molecular formula is C11H12N2O3S. The summed E-state index contributed by atoms with van der Waals surface area (Å²) in [5, 5.41) is 19.8. The molecule has 2 atom stereocenters. The number of fused-ring (bicyclic) bond motifs is 1. The summed E-state index contributed by atoms with van der Waals surface area (Å²) in [6.07, 6.45) is -2.68. The van der Waals surface area contributed by atoms with Crippen LogP contribution in [-0.2, 0) is 4.79 Å². The molecule has 6 heteroatoms. The molecule has 1 amide bonds. The second-order valence-electron chi connectivity index (χ2n) is 3.70. The van der Waals surface area contributed by atoms with Gasteiger partial charge in [0.2, 0.25) is 5.91 Å². The Bertz CT molecular complexity index is 507. The number of hydrogen-bond donors (Lipinski definition) is 3. The average molecular weight is 252 g/mol. The molecular weight excluding hydrogens is 240 g/mol. The van der Waals surface area contributed by atoms with Crippen LogP contribution in [0.5, 0.6) is 0 Å². The number of benzene rings is 1. The molecule has 5 nitrogen and oxygen atoms in total. The molecule has 0 spiro atoms. The molecule has 0 radical (unpaired) electrons. The van der Waals surface area contributed by atoms with Gasteiger partial charge in [0, 0.05) is 0 Å². The molecule has 17 heavy (non-hydrogen) atoms. The van der Waals surface area contributed by atoms with E-state index in [1.165, 1.54) is 11.3 Å². The van der Waals surface area contributed by atoms with E-state index in [9.17, 15) is 15.0 Å². The number of aliphatic hydroxyl groups is 2. The van der Waals surface area contributed by atoms with E-state index >= 15 is 0 Å². The second kappa shape index (κ2) is 4.79. The lowest BCUT2D eigenvalue weighted by Crippen LogP contribution is -2.25. The van der Waals surface area contributed by atoms with Crippen molar-refractivity contribution in [1.82, 2.24) is 4.98 Å². The summed E-state index contributed by atoms with van der Waals surface area (Å²) in [5.41, 5.74) is 5.72. The number of para-hydroxylation sites is 1. The topological polar surface area (TPSA) is 96.4 Å². The first kappa shape index (κ1) is 12.0. The number of thiazole rings is 1. The van der Waals surface area contributed by atoms with Crippen molar-refractivity contribution in [1.29, 1.82) is 0 Å². The highest BCUT2D eigenvalue weighted by atomic mass is 32.1. The van der Waals surface area contributed by atoms with Crippen LogP contribution < -0.4 is 5.73 Å². The maximum absolute atomic E-state index is 10.7. The molecule has 0 aliphatic heterocycles. The minimum atomic E-state index is -1.21. The van der Waals surface area contributed by atoms with E-state index in [-0.39, 0.29) is 6.42 Å². The van der Waals surface area contributed by atoms with Gasteiger partial charge in [-0.1, -0.05) is 12.1 Å². The summed E-state index contributed by atoms with van der Waals surface area (Å²) < 4.78 is 0.924. The summed E-state index contributed by atoms with van der Waals surface area (Å²) in [7, 11) is 0. The van der Waals surface area contributed by atoms with Gasteiger partial charge >= 0.3 is 0 Å². The summed E-state index contributed by atoms with van der Waals surface area (Å²) in [6.45, 7) is 0. The number of amides is 1. The molecule has 1 heterocycles. The molecule has 1 aromatic carbocycles. The molecule has 0 aliphatic carbocycles. The summed E-state index contributed by atoms with van der Waals surface area (Å²) >= 11 is 1.29. The molecule has 90 valence electrons. The van der Waals surface area contributed by atoms with E-state index in [2.05, 4.69) is 4.98 Å². The fourth-order valence-corrected chi connectivity index (χ4v) is 2.51. The molecule has 2 aromatic rings. The zero-order chi connectivity index (χ0) is 12.4. The zero-order valence-corrected chi connectivity index (χ0v) is 9.72. The van der Waals surface area contributed by atoms with Crippen molar-refractivity contribution in [2.45, 2.75) is 18.6 Å². The first-order valence-electron chi connectivity index (χ1n) is 5.08. The molecule has 4 N–H and O–H groups in total. The van der Waals surface area contributed by atoms with E-state index in [1.54, 1.807) is 0 Å². The van der Waals surface area contributed by atoms with Gasteiger partial charge in [0.15, 0.2) is 0 Å². The van der Waals surface area contributed by atoms with Gasteiger partial charge in [0.25, 0.3) is 0 Å². The first-order valence-corrected chi connectivity index (χ1v) is 5.89. The Morgan fingerprint density at radius 3 is 2.76 bits per heavy atom. The number of aliphatic hydroxyl groups excluding tert-OH is 2. The Morgan fingerprint density at radius 2 is 2.12 bits per heavy atom. The third-order valence-corrected chi connectivity index (χ3v) is 3.45. The van der Waals surface area contributed by atoms with Gasteiger partial charge in [0.1, 0.15) is 11.1 Å². The van der Waals surface area contributed by atoms with Gasteiger partial charge in [-0.15, -0.1) is 11.3 Å². The van der Waals surface area contributed by atoms with E-state index in [0.717, 1.165) is 10.2 Å². The van der Waals surface area contributed by atoms with Crippen LogP contribution in [0.1, 0.15) is 17.5 Å². The summed E-state index contributed by atoms with van der Waals surface area (Å²) in [6, 6.07) is 7.42. The van der Waals surface area contributed by atoms with Crippen molar-refractivity contribution >= 4 is 27.5 Å². The highest BCUT2D eigenvalue weighted by Gasteiger charge is 2.23. The number of carbonyl (C=O) groups excluding carboxylic acids is 1. The van der Waals surface area contributed by atoms with Crippen LogP contribution in [0.25, 0.3) is 10.2 Å². The number of nitrogens with zero attached hydrogens (tertiary/aromatic N) is 1. The molecule has 0 fully saturated rings. The predicted molar refractivity (Wildman–Crippen MR) is 64.4 cm³/mol. The quantitative estimate of drug-likeness (QED) is 0.741. The Labute approximate surface area is 102 Å². The van der Waals surface area contributed by atoms with Crippen LogP contribution in [0.2, 0.25) is 0 Å². The van der Waals surface area contributed by atoms with Crippen molar-refractivity contribution in [3.63, 3.8) is 0 Å². The van der Waals surface area contributed by atoms with Crippen LogP contribution in [0.4, 0.5) is 0 Å². The van der Waals surface area contributed by atoms with Crippen LogP contribution in [0.3, 0.4) is 0 Å². The molecule has 2 unspecified atom stereocenters. The molecule has 0 bridgehead atoms. The Hall–Kier alpha value is -1.50. The van der Waals surface area contributed by atoms with Crippen LogP contribution in [0.15, 0.2) is 24.3 Å². The van der Waals surface area contributed by atoms with Crippen LogP contribution in [-0.4, -0.2) is 27.2 Å². The number of nitrogens with two attached hydrogens (primary N) is 1. The number of carbonyl (C=O) groups is 1. The number of hydrogen-bond acceptors (Lipinski definition) is 5. The third-order valence-electron chi connectivity index (χ3n) is 2.34. The van der Waals surface area contributed by atoms with E-state index in [0.29, 0.717) is 5.01 Å². The van der Waals surface area contributed by atoms with Crippen molar-refractivity contribution < 1.29 is 15.0 Å². The van der Waals surface area contributed by atoms with Crippen molar-refractivity contribution in [2.24, 2.45) is 5.73 Å². The smallest absolute Gasteiger partial charge is 0.220 e. The Morgan fingerprint density at radius 1 is 1.41 bits per heavy atom. The van der Waals surface area contributed by atoms with Gasteiger partial charge in [0.05, 0.1) is 22.7 Å². The summed E-state index contributed by atoms with van der Waals surface area (Å²) in [5.74, 6) is -0.655. The monoisotopic (exact) mass is 252 g/mol. The first-order chi connectivity index (χ1) is 8.08. The van der Waals surface area contributed by atoms with E-state index in [1.807, 2.05) is 24.3 Å². The highest BCUT2D eigenvalue weighted by molar-refractivity contribution is 7.18.